The molecule has 2 rings (SSSR count). The monoisotopic (exact) mass is 253 g/mol. The van der Waals surface area contributed by atoms with E-state index in [9.17, 15) is 5.11 Å². The molecule has 0 aromatic heterocycles. The predicted octanol–water partition coefficient (Wildman–Crippen LogP) is 3.69. The maximum absolute atomic E-state index is 9.75. The van der Waals surface area contributed by atoms with Crippen molar-refractivity contribution in [3.8, 4) is 0 Å². The third-order valence-corrected chi connectivity index (χ3v) is 3.83. The summed E-state index contributed by atoms with van der Waals surface area (Å²) in [6.45, 7) is 2.37. The van der Waals surface area contributed by atoms with Gasteiger partial charge in [-0.3, -0.25) is 0 Å². The highest BCUT2D eigenvalue weighted by atomic mass is 35.5. The summed E-state index contributed by atoms with van der Waals surface area (Å²) in [5.74, 6) is 0.614. The summed E-state index contributed by atoms with van der Waals surface area (Å²) in [5.41, 5.74) is 0.909. The summed E-state index contributed by atoms with van der Waals surface area (Å²) in [7, 11) is 0. The number of aliphatic hydroxyl groups is 1. The molecule has 0 saturated heterocycles. The fraction of sp³-hybridized carbons (Fsp3) is 0.571. The summed E-state index contributed by atoms with van der Waals surface area (Å²) in [6.07, 6.45) is 4.54. The van der Waals surface area contributed by atoms with E-state index in [0.717, 1.165) is 23.6 Å². The van der Waals surface area contributed by atoms with Crippen LogP contribution in [0.5, 0.6) is 0 Å². The van der Waals surface area contributed by atoms with Crippen LogP contribution in [0, 0.1) is 5.92 Å². The Morgan fingerprint density at radius 2 is 2.00 bits per heavy atom. The number of halogens is 1. The zero-order valence-electron chi connectivity index (χ0n) is 10.2. The summed E-state index contributed by atoms with van der Waals surface area (Å²) >= 11 is 5.88. The van der Waals surface area contributed by atoms with Gasteiger partial charge in [0.25, 0.3) is 0 Å². The van der Waals surface area contributed by atoms with Crippen LogP contribution < -0.4 is 5.32 Å². The van der Waals surface area contributed by atoms with Crippen LogP contribution in [0.4, 0.5) is 5.69 Å². The summed E-state index contributed by atoms with van der Waals surface area (Å²) in [6, 6.07) is 7.71. The van der Waals surface area contributed by atoms with Crippen LogP contribution in [0.15, 0.2) is 24.3 Å². The molecule has 1 atom stereocenters. The van der Waals surface area contributed by atoms with Gasteiger partial charge in [-0.2, -0.15) is 0 Å². The van der Waals surface area contributed by atoms with Crippen LogP contribution in [-0.2, 0) is 0 Å². The minimum Gasteiger partial charge on any atom is -0.394 e. The van der Waals surface area contributed by atoms with Gasteiger partial charge in [0.2, 0.25) is 0 Å². The second-order valence-corrected chi connectivity index (χ2v) is 5.41. The number of hydrogen-bond donors (Lipinski definition) is 2. The van der Waals surface area contributed by atoms with E-state index < -0.39 is 0 Å². The summed E-state index contributed by atoms with van der Waals surface area (Å²) in [5, 5.41) is 14.0. The Labute approximate surface area is 108 Å². The normalized spacial score (nSPS) is 18.8. The van der Waals surface area contributed by atoms with Crippen molar-refractivity contribution in [2.24, 2.45) is 5.92 Å². The first-order valence-corrected chi connectivity index (χ1v) is 6.72. The Hall–Kier alpha value is -0.730. The summed E-state index contributed by atoms with van der Waals surface area (Å²) < 4.78 is 0. The van der Waals surface area contributed by atoms with Crippen molar-refractivity contribution in [3.63, 3.8) is 0 Å². The molecule has 1 aromatic carbocycles. The third kappa shape index (κ3) is 2.93. The first-order chi connectivity index (χ1) is 8.20. The molecule has 1 fully saturated rings. The van der Waals surface area contributed by atoms with Crippen LogP contribution in [0.3, 0.4) is 0 Å². The minimum absolute atomic E-state index is 0.136. The van der Waals surface area contributed by atoms with Crippen molar-refractivity contribution in [1.82, 2.24) is 0 Å². The second-order valence-electron chi connectivity index (χ2n) is 4.97. The number of hydrogen-bond acceptors (Lipinski definition) is 2. The van der Waals surface area contributed by atoms with Gasteiger partial charge in [0, 0.05) is 10.7 Å². The van der Waals surface area contributed by atoms with E-state index >= 15 is 0 Å². The standard InChI is InChI=1S/C14H20ClNO/c1-2-9-14(10-17,11-3-4-11)16-13-7-5-12(15)6-8-13/h5-8,11,16-17H,2-4,9-10H2,1H3. The molecule has 1 aliphatic rings. The van der Waals surface area contributed by atoms with Gasteiger partial charge in [-0.25, -0.2) is 0 Å². The first kappa shape index (κ1) is 12.7. The van der Waals surface area contributed by atoms with Crippen molar-refractivity contribution in [1.29, 1.82) is 0 Å². The Bertz CT molecular complexity index is 361. The predicted molar refractivity (Wildman–Crippen MR) is 72.5 cm³/mol. The third-order valence-electron chi connectivity index (χ3n) is 3.57. The molecule has 0 amide bonds. The molecule has 1 unspecified atom stereocenters. The highest BCUT2D eigenvalue weighted by Gasteiger charge is 2.44. The van der Waals surface area contributed by atoms with Gasteiger partial charge in [0.05, 0.1) is 12.1 Å². The van der Waals surface area contributed by atoms with Gasteiger partial charge >= 0.3 is 0 Å². The lowest BCUT2D eigenvalue weighted by Crippen LogP contribution is -2.44. The Balaban J connectivity index is 2.13. The molecule has 1 saturated carbocycles. The molecule has 0 radical (unpaired) electrons. The van der Waals surface area contributed by atoms with E-state index in [0.29, 0.717) is 5.92 Å². The van der Waals surface area contributed by atoms with E-state index in [-0.39, 0.29) is 12.1 Å². The minimum atomic E-state index is -0.136. The molecule has 94 valence electrons. The fourth-order valence-corrected chi connectivity index (χ4v) is 2.65. The van der Waals surface area contributed by atoms with Crippen molar-refractivity contribution in [2.45, 2.75) is 38.1 Å². The van der Waals surface area contributed by atoms with Gasteiger partial charge in [0.1, 0.15) is 0 Å². The van der Waals surface area contributed by atoms with Gasteiger partial charge in [-0.1, -0.05) is 24.9 Å². The first-order valence-electron chi connectivity index (χ1n) is 6.35. The number of benzene rings is 1. The summed E-state index contributed by atoms with van der Waals surface area (Å²) in [4.78, 5) is 0. The molecule has 1 aliphatic carbocycles. The molecule has 0 aliphatic heterocycles. The van der Waals surface area contributed by atoms with Crippen LogP contribution in [0.2, 0.25) is 5.02 Å². The molecule has 0 spiro atoms. The Morgan fingerprint density at radius 3 is 2.47 bits per heavy atom. The fourth-order valence-electron chi connectivity index (χ4n) is 2.52. The maximum atomic E-state index is 9.75. The van der Waals surface area contributed by atoms with Gasteiger partial charge in [-0.15, -0.1) is 0 Å². The van der Waals surface area contributed by atoms with Gasteiger partial charge in [0.15, 0.2) is 0 Å². The number of rotatable bonds is 6. The second kappa shape index (κ2) is 5.28. The van der Waals surface area contributed by atoms with E-state index in [4.69, 9.17) is 11.6 Å². The topological polar surface area (TPSA) is 32.3 Å². The average Bonchev–Trinajstić information content (AvgIpc) is 3.16. The van der Waals surface area contributed by atoms with Crippen LogP contribution in [-0.4, -0.2) is 17.3 Å². The average molecular weight is 254 g/mol. The van der Waals surface area contributed by atoms with E-state index in [2.05, 4.69) is 12.2 Å². The molecule has 0 bridgehead atoms. The molecule has 0 heterocycles. The van der Waals surface area contributed by atoms with Crippen molar-refractivity contribution in [2.75, 3.05) is 11.9 Å². The SMILES string of the molecule is CCCC(CO)(Nc1ccc(Cl)cc1)C1CC1. The molecular weight excluding hydrogens is 234 g/mol. The molecule has 1 aromatic rings. The van der Waals surface area contributed by atoms with Crippen molar-refractivity contribution < 1.29 is 5.11 Å². The number of aliphatic hydroxyl groups excluding tert-OH is 1. The molecule has 2 nitrogen and oxygen atoms in total. The molecular formula is C14H20ClNO. The molecule has 2 N–H and O–H groups in total. The van der Waals surface area contributed by atoms with E-state index in [1.54, 1.807) is 0 Å². The van der Waals surface area contributed by atoms with Crippen molar-refractivity contribution >= 4 is 17.3 Å². The van der Waals surface area contributed by atoms with E-state index in [1.807, 2.05) is 24.3 Å². The highest BCUT2D eigenvalue weighted by Crippen LogP contribution is 2.43. The number of anilines is 1. The van der Waals surface area contributed by atoms with Crippen LogP contribution >= 0.6 is 11.6 Å². The smallest absolute Gasteiger partial charge is 0.0664 e. The number of nitrogens with one attached hydrogen (secondary N) is 1. The largest absolute Gasteiger partial charge is 0.394 e. The quantitative estimate of drug-likeness (QED) is 0.810. The van der Waals surface area contributed by atoms with Gasteiger partial charge in [-0.05, 0) is 49.4 Å². The highest BCUT2D eigenvalue weighted by molar-refractivity contribution is 6.30. The van der Waals surface area contributed by atoms with Crippen molar-refractivity contribution in [3.05, 3.63) is 29.3 Å². The van der Waals surface area contributed by atoms with Gasteiger partial charge < -0.3 is 10.4 Å². The zero-order valence-corrected chi connectivity index (χ0v) is 11.0. The lowest BCUT2D eigenvalue weighted by atomic mass is 9.88. The lowest BCUT2D eigenvalue weighted by Gasteiger charge is -2.34. The molecule has 3 heteroatoms. The zero-order chi connectivity index (χ0) is 12.3. The van der Waals surface area contributed by atoms with Crippen LogP contribution in [0.25, 0.3) is 0 Å². The molecule has 17 heavy (non-hydrogen) atoms. The maximum Gasteiger partial charge on any atom is 0.0664 e. The lowest BCUT2D eigenvalue weighted by molar-refractivity contribution is 0.183. The van der Waals surface area contributed by atoms with E-state index in [1.165, 1.54) is 12.8 Å². The van der Waals surface area contributed by atoms with Crippen LogP contribution in [0.1, 0.15) is 32.6 Å². The Kier molecular flexibility index (Phi) is 3.95. The Morgan fingerprint density at radius 1 is 1.35 bits per heavy atom.